The van der Waals surface area contributed by atoms with Gasteiger partial charge in [-0.15, -0.1) is 11.3 Å². The van der Waals surface area contributed by atoms with E-state index in [0.29, 0.717) is 18.3 Å². The van der Waals surface area contributed by atoms with Gasteiger partial charge >= 0.3 is 0 Å². The van der Waals surface area contributed by atoms with E-state index in [1.807, 2.05) is 29.6 Å². The summed E-state index contributed by atoms with van der Waals surface area (Å²) in [4.78, 5) is 7.74. The number of nitrogens with zero attached hydrogens (tertiary/aromatic N) is 3. The van der Waals surface area contributed by atoms with Gasteiger partial charge in [-0.3, -0.25) is 4.90 Å². The molecule has 1 N–H and O–H groups in total. The Morgan fingerprint density at radius 2 is 2.00 bits per heavy atom. The van der Waals surface area contributed by atoms with Crippen LogP contribution in [0.4, 0.5) is 5.88 Å². The fourth-order valence-electron chi connectivity index (χ4n) is 3.58. The predicted molar refractivity (Wildman–Crippen MR) is 113 cm³/mol. The molecule has 0 unspecified atom stereocenters. The first-order valence-electron chi connectivity index (χ1n) is 9.43. The van der Waals surface area contributed by atoms with Gasteiger partial charge in [-0.1, -0.05) is 36.2 Å². The average Bonchev–Trinajstić information content (AvgIpc) is 3.40. The van der Waals surface area contributed by atoms with E-state index in [1.54, 1.807) is 0 Å². The predicted octanol–water partition coefficient (Wildman–Crippen LogP) is 5.57. The van der Waals surface area contributed by atoms with Gasteiger partial charge in [-0.2, -0.15) is 10.2 Å². The fourth-order valence-corrected chi connectivity index (χ4v) is 4.36. The van der Waals surface area contributed by atoms with Crippen molar-refractivity contribution in [3.05, 3.63) is 58.1 Å². The number of likely N-dealkylation sites (tertiary alicyclic amines) is 1. The molecule has 1 aliphatic rings. The minimum Gasteiger partial charge on any atom is -0.418 e. The molecule has 0 saturated carbocycles. The molecule has 1 saturated heterocycles. The van der Waals surface area contributed by atoms with Crippen LogP contribution in [0.1, 0.15) is 36.6 Å². The molecule has 3 aromatic rings. The van der Waals surface area contributed by atoms with Crippen LogP contribution in [0.5, 0.6) is 0 Å². The Labute approximate surface area is 173 Å². The molecule has 1 aliphatic heterocycles. The molecule has 4 rings (SSSR count). The smallest absolute Gasteiger partial charge is 0.240 e. The highest BCUT2D eigenvalue weighted by molar-refractivity contribution is 7.13. The topological polar surface area (TPSA) is 65.1 Å². The van der Waals surface area contributed by atoms with Gasteiger partial charge in [0.15, 0.2) is 0 Å². The Hall–Kier alpha value is -2.33. The third kappa shape index (κ3) is 4.22. The van der Waals surface area contributed by atoms with E-state index in [-0.39, 0.29) is 11.7 Å². The van der Waals surface area contributed by atoms with E-state index in [9.17, 15) is 5.26 Å². The van der Waals surface area contributed by atoms with Crippen molar-refractivity contribution in [2.45, 2.75) is 25.3 Å². The van der Waals surface area contributed by atoms with Crippen molar-refractivity contribution < 1.29 is 4.42 Å². The lowest BCUT2D eigenvalue weighted by Gasteiger charge is -2.35. The summed E-state index contributed by atoms with van der Waals surface area (Å²) in [6.45, 7) is 2.77. The van der Waals surface area contributed by atoms with Crippen LogP contribution in [0.2, 0.25) is 5.02 Å². The lowest BCUT2D eigenvalue weighted by molar-refractivity contribution is 0.170. The van der Waals surface area contributed by atoms with Crippen molar-refractivity contribution in [1.29, 1.82) is 5.26 Å². The first-order chi connectivity index (χ1) is 13.7. The lowest BCUT2D eigenvalue weighted by Crippen LogP contribution is -2.37. The van der Waals surface area contributed by atoms with Crippen LogP contribution in [0.25, 0.3) is 10.8 Å². The van der Waals surface area contributed by atoms with E-state index in [0.717, 1.165) is 23.0 Å². The van der Waals surface area contributed by atoms with Crippen LogP contribution in [0.15, 0.2) is 46.2 Å². The molecule has 0 bridgehead atoms. The van der Waals surface area contributed by atoms with E-state index in [2.05, 4.69) is 33.4 Å². The molecule has 144 valence electrons. The number of rotatable bonds is 6. The summed E-state index contributed by atoms with van der Waals surface area (Å²) in [5, 5.41) is 15.5. The van der Waals surface area contributed by atoms with E-state index >= 15 is 0 Å². The SMILES string of the molecule is N#Cc1nc(-c2cccs2)oc1NC[C@H](c1ccc(Cl)cc1)N1CCCCC1. The molecular formula is C21H21ClN4OS. The van der Waals surface area contributed by atoms with Gasteiger partial charge in [-0.25, -0.2) is 0 Å². The zero-order valence-corrected chi connectivity index (χ0v) is 17.0. The zero-order chi connectivity index (χ0) is 19.3. The van der Waals surface area contributed by atoms with Crippen molar-refractivity contribution in [1.82, 2.24) is 9.88 Å². The summed E-state index contributed by atoms with van der Waals surface area (Å²) in [7, 11) is 0. The van der Waals surface area contributed by atoms with Crippen LogP contribution < -0.4 is 5.32 Å². The van der Waals surface area contributed by atoms with Crippen LogP contribution in [-0.4, -0.2) is 29.5 Å². The molecule has 0 spiro atoms. The number of oxazole rings is 1. The van der Waals surface area contributed by atoms with Crippen LogP contribution >= 0.6 is 22.9 Å². The van der Waals surface area contributed by atoms with Crippen LogP contribution in [-0.2, 0) is 0 Å². The number of hydrogen-bond donors (Lipinski definition) is 1. The summed E-state index contributed by atoms with van der Waals surface area (Å²) in [6.07, 6.45) is 3.69. The Bertz CT molecular complexity index is 940. The van der Waals surface area contributed by atoms with Gasteiger partial charge in [0.05, 0.1) is 10.9 Å². The van der Waals surface area contributed by atoms with Gasteiger partial charge in [0.25, 0.3) is 0 Å². The van der Waals surface area contributed by atoms with Crippen molar-refractivity contribution in [3.63, 3.8) is 0 Å². The number of nitriles is 1. The first-order valence-corrected chi connectivity index (χ1v) is 10.7. The summed E-state index contributed by atoms with van der Waals surface area (Å²) in [5.74, 6) is 0.914. The molecule has 0 radical (unpaired) electrons. The highest BCUT2D eigenvalue weighted by Crippen LogP contribution is 2.30. The third-order valence-corrected chi connectivity index (χ3v) is 6.12. The Morgan fingerprint density at radius 3 is 2.68 bits per heavy atom. The summed E-state index contributed by atoms with van der Waals surface area (Å²) in [6, 6.07) is 14.2. The second-order valence-electron chi connectivity index (χ2n) is 6.83. The Morgan fingerprint density at radius 1 is 1.21 bits per heavy atom. The maximum absolute atomic E-state index is 9.46. The minimum absolute atomic E-state index is 0.180. The largest absolute Gasteiger partial charge is 0.418 e. The number of hydrogen-bond acceptors (Lipinski definition) is 6. The number of benzene rings is 1. The molecule has 1 atom stereocenters. The van der Waals surface area contributed by atoms with Gasteiger partial charge in [-0.05, 0) is 55.1 Å². The van der Waals surface area contributed by atoms with Crippen molar-refractivity contribution in [3.8, 4) is 16.8 Å². The van der Waals surface area contributed by atoms with E-state index in [1.165, 1.54) is 36.2 Å². The zero-order valence-electron chi connectivity index (χ0n) is 15.4. The number of nitrogens with one attached hydrogen (secondary N) is 1. The number of thiophene rings is 1. The molecule has 2 aromatic heterocycles. The second kappa shape index (κ2) is 8.78. The maximum Gasteiger partial charge on any atom is 0.240 e. The number of piperidine rings is 1. The summed E-state index contributed by atoms with van der Waals surface area (Å²) < 4.78 is 5.87. The molecule has 28 heavy (non-hydrogen) atoms. The van der Waals surface area contributed by atoms with Crippen molar-refractivity contribution in [2.24, 2.45) is 0 Å². The Balaban J connectivity index is 1.55. The Kier molecular flexibility index (Phi) is 5.96. The third-order valence-electron chi connectivity index (χ3n) is 5.01. The molecule has 3 heterocycles. The molecule has 1 fully saturated rings. The maximum atomic E-state index is 9.46. The van der Waals surface area contributed by atoms with Crippen LogP contribution in [0.3, 0.4) is 0 Å². The van der Waals surface area contributed by atoms with Gasteiger partial charge in [0, 0.05) is 11.6 Å². The molecule has 5 nitrogen and oxygen atoms in total. The summed E-state index contributed by atoms with van der Waals surface area (Å²) in [5.41, 5.74) is 1.49. The molecule has 7 heteroatoms. The molecule has 1 aromatic carbocycles. The summed E-state index contributed by atoms with van der Waals surface area (Å²) >= 11 is 7.62. The highest BCUT2D eigenvalue weighted by Gasteiger charge is 2.24. The molecular weight excluding hydrogens is 392 g/mol. The molecule has 0 amide bonds. The number of anilines is 1. The quantitative estimate of drug-likeness (QED) is 0.573. The highest BCUT2D eigenvalue weighted by atomic mass is 35.5. The monoisotopic (exact) mass is 412 g/mol. The standard InChI is InChI=1S/C21H21ClN4OS/c22-16-8-6-15(7-9-16)18(26-10-2-1-3-11-26)14-24-20-17(13-23)25-21(27-20)19-5-4-12-28-19/h4-9,12,18,24H,1-3,10-11,14H2/t18-/m1/s1. The fraction of sp³-hybridized carbons (Fsp3) is 0.333. The van der Waals surface area contributed by atoms with Gasteiger partial charge in [0.2, 0.25) is 17.5 Å². The van der Waals surface area contributed by atoms with Crippen LogP contribution in [0, 0.1) is 11.3 Å². The minimum atomic E-state index is 0.180. The van der Waals surface area contributed by atoms with Crippen molar-refractivity contribution >= 4 is 28.8 Å². The van der Waals surface area contributed by atoms with E-state index < -0.39 is 0 Å². The average molecular weight is 413 g/mol. The second-order valence-corrected chi connectivity index (χ2v) is 8.21. The normalized spacial score (nSPS) is 15.9. The van der Waals surface area contributed by atoms with Gasteiger partial charge < -0.3 is 9.73 Å². The van der Waals surface area contributed by atoms with Crippen molar-refractivity contribution in [2.75, 3.05) is 25.0 Å². The first kappa shape index (κ1) is 19.0. The number of halogens is 1. The lowest BCUT2D eigenvalue weighted by atomic mass is 10.0. The number of aromatic nitrogens is 1. The molecule has 0 aliphatic carbocycles. The van der Waals surface area contributed by atoms with E-state index in [4.69, 9.17) is 16.0 Å². The van der Waals surface area contributed by atoms with Gasteiger partial charge in [0.1, 0.15) is 6.07 Å².